The summed E-state index contributed by atoms with van der Waals surface area (Å²) in [6.45, 7) is 4.15. The number of carbonyl (C=O) groups excluding carboxylic acids is 1. The second-order valence-electron chi connectivity index (χ2n) is 3.39. The molecule has 1 rings (SSSR count). The van der Waals surface area contributed by atoms with Gasteiger partial charge in [-0.25, -0.2) is 4.79 Å². The van der Waals surface area contributed by atoms with Crippen molar-refractivity contribution < 1.29 is 14.3 Å². The van der Waals surface area contributed by atoms with Crippen LogP contribution >= 0.6 is 0 Å². The Bertz CT molecular complexity index is 253. The van der Waals surface area contributed by atoms with Crippen LogP contribution in [-0.2, 0) is 14.3 Å². The van der Waals surface area contributed by atoms with Crippen molar-refractivity contribution in [2.45, 2.75) is 32.8 Å². The van der Waals surface area contributed by atoms with Gasteiger partial charge in [-0.05, 0) is 32.3 Å². The monoisotopic (exact) mass is 196 g/mol. The molecule has 0 amide bonds. The Balaban J connectivity index is 2.23. The molecule has 1 aliphatic rings. The van der Waals surface area contributed by atoms with Crippen molar-refractivity contribution in [2.24, 2.45) is 0 Å². The molecule has 0 aromatic carbocycles. The van der Waals surface area contributed by atoms with E-state index in [-0.39, 0.29) is 12.1 Å². The van der Waals surface area contributed by atoms with Crippen LogP contribution in [0.2, 0.25) is 0 Å². The normalized spacial score (nSPS) is 21.6. The minimum absolute atomic E-state index is 0.0212. The van der Waals surface area contributed by atoms with Gasteiger partial charge in [0.1, 0.15) is 12.7 Å². The van der Waals surface area contributed by atoms with E-state index in [4.69, 9.17) is 9.47 Å². The first-order chi connectivity index (χ1) is 6.72. The van der Waals surface area contributed by atoms with Crippen molar-refractivity contribution in [1.82, 2.24) is 0 Å². The highest BCUT2D eigenvalue weighted by Crippen LogP contribution is 2.16. The molecule has 1 atom stereocenters. The first-order valence-electron chi connectivity index (χ1n) is 4.83. The lowest BCUT2D eigenvalue weighted by Crippen LogP contribution is -2.22. The fourth-order valence-electron chi connectivity index (χ4n) is 1.21. The molecular weight excluding hydrogens is 180 g/mol. The van der Waals surface area contributed by atoms with Crippen molar-refractivity contribution in [2.75, 3.05) is 6.61 Å². The van der Waals surface area contributed by atoms with E-state index >= 15 is 0 Å². The topological polar surface area (TPSA) is 35.5 Å². The molecule has 78 valence electrons. The SMILES string of the molecule is C/C=C/C(=O)OCC1CCC(C)=CO1. The van der Waals surface area contributed by atoms with Gasteiger partial charge in [0.2, 0.25) is 0 Å². The number of ether oxygens (including phenoxy) is 2. The highest BCUT2D eigenvalue weighted by atomic mass is 16.6. The molecule has 0 aromatic heterocycles. The Morgan fingerprint density at radius 2 is 2.57 bits per heavy atom. The number of carbonyl (C=O) groups is 1. The Labute approximate surface area is 84.4 Å². The fraction of sp³-hybridized carbons (Fsp3) is 0.545. The zero-order valence-corrected chi connectivity index (χ0v) is 8.66. The summed E-state index contributed by atoms with van der Waals surface area (Å²) in [5.74, 6) is -0.303. The van der Waals surface area contributed by atoms with Crippen LogP contribution in [0.1, 0.15) is 26.7 Å². The number of hydrogen-bond donors (Lipinski definition) is 0. The lowest BCUT2D eigenvalue weighted by Gasteiger charge is -2.21. The molecule has 0 fully saturated rings. The molecule has 14 heavy (non-hydrogen) atoms. The van der Waals surface area contributed by atoms with Gasteiger partial charge in [0.25, 0.3) is 0 Å². The van der Waals surface area contributed by atoms with Crippen LogP contribution in [0, 0.1) is 0 Å². The molecular formula is C11H16O3. The third-order valence-corrected chi connectivity index (χ3v) is 2.04. The van der Waals surface area contributed by atoms with E-state index in [1.807, 2.05) is 6.92 Å². The van der Waals surface area contributed by atoms with Crippen molar-refractivity contribution in [1.29, 1.82) is 0 Å². The molecule has 0 N–H and O–H groups in total. The average molecular weight is 196 g/mol. The smallest absolute Gasteiger partial charge is 0.330 e. The summed E-state index contributed by atoms with van der Waals surface area (Å²) in [4.78, 5) is 11.0. The molecule has 1 heterocycles. The summed E-state index contributed by atoms with van der Waals surface area (Å²) in [7, 11) is 0. The Kier molecular flexibility index (Phi) is 4.23. The average Bonchev–Trinajstić information content (AvgIpc) is 2.17. The maximum absolute atomic E-state index is 11.0. The van der Waals surface area contributed by atoms with Crippen LogP contribution in [0.25, 0.3) is 0 Å². The molecule has 0 aromatic rings. The van der Waals surface area contributed by atoms with Crippen molar-refractivity contribution in [3.8, 4) is 0 Å². The third kappa shape index (κ3) is 3.64. The maximum atomic E-state index is 11.0. The summed E-state index contributed by atoms with van der Waals surface area (Å²) in [6, 6.07) is 0. The van der Waals surface area contributed by atoms with Gasteiger partial charge in [0.15, 0.2) is 0 Å². The highest BCUT2D eigenvalue weighted by Gasteiger charge is 2.14. The van der Waals surface area contributed by atoms with Crippen molar-refractivity contribution >= 4 is 5.97 Å². The van der Waals surface area contributed by atoms with Gasteiger partial charge in [-0.2, -0.15) is 0 Å². The molecule has 1 aliphatic heterocycles. The van der Waals surface area contributed by atoms with Crippen LogP contribution in [0.3, 0.4) is 0 Å². The molecule has 0 bridgehead atoms. The minimum Gasteiger partial charge on any atom is -0.495 e. The van der Waals surface area contributed by atoms with Crippen LogP contribution in [0.5, 0.6) is 0 Å². The van der Waals surface area contributed by atoms with Gasteiger partial charge in [-0.1, -0.05) is 6.08 Å². The van der Waals surface area contributed by atoms with Crippen LogP contribution in [0.4, 0.5) is 0 Å². The van der Waals surface area contributed by atoms with Gasteiger partial charge in [-0.15, -0.1) is 0 Å². The minimum atomic E-state index is -0.303. The summed E-state index contributed by atoms with van der Waals surface area (Å²) in [6.07, 6.45) is 6.78. The molecule has 3 nitrogen and oxygen atoms in total. The van der Waals surface area contributed by atoms with Crippen LogP contribution in [-0.4, -0.2) is 18.7 Å². The van der Waals surface area contributed by atoms with Crippen LogP contribution < -0.4 is 0 Å². The zero-order valence-electron chi connectivity index (χ0n) is 8.66. The first kappa shape index (κ1) is 10.8. The lowest BCUT2D eigenvalue weighted by atomic mass is 10.1. The summed E-state index contributed by atoms with van der Waals surface area (Å²) in [5, 5.41) is 0. The molecule has 1 unspecified atom stereocenters. The van der Waals surface area contributed by atoms with Gasteiger partial charge in [-0.3, -0.25) is 0 Å². The third-order valence-electron chi connectivity index (χ3n) is 2.04. The number of esters is 1. The number of rotatable bonds is 3. The summed E-state index contributed by atoms with van der Waals surface area (Å²) >= 11 is 0. The second kappa shape index (κ2) is 5.47. The van der Waals surface area contributed by atoms with Gasteiger partial charge in [0.05, 0.1) is 6.26 Å². The lowest BCUT2D eigenvalue weighted by molar-refractivity contribution is -0.141. The fourth-order valence-corrected chi connectivity index (χ4v) is 1.21. The Hall–Kier alpha value is -1.25. The first-order valence-corrected chi connectivity index (χ1v) is 4.83. The standard InChI is InChI=1S/C11H16O3/c1-3-4-11(12)14-8-10-6-5-9(2)7-13-10/h3-4,7,10H,5-6,8H2,1-2H3/b4-3+. The van der Waals surface area contributed by atoms with Gasteiger partial charge in [0, 0.05) is 6.08 Å². The van der Waals surface area contributed by atoms with E-state index in [2.05, 4.69) is 0 Å². The van der Waals surface area contributed by atoms with Crippen molar-refractivity contribution in [3.63, 3.8) is 0 Å². The molecule has 0 aliphatic carbocycles. The summed E-state index contributed by atoms with van der Waals surface area (Å²) in [5.41, 5.74) is 1.24. The maximum Gasteiger partial charge on any atom is 0.330 e. The van der Waals surface area contributed by atoms with E-state index in [9.17, 15) is 4.79 Å². The molecule has 0 radical (unpaired) electrons. The molecule has 0 saturated carbocycles. The molecule has 3 heteroatoms. The van der Waals surface area contributed by atoms with E-state index in [1.165, 1.54) is 11.6 Å². The molecule has 0 spiro atoms. The van der Waals surface area contributed by atoms with E-state index < -0.39 is 0 Å². The predicted molar refractivity (Wildman–Crippen MR) is 53.6 cm³/mol. The highest BCUT2D eigenvalue weighted by molar-refractivity contribution is 5.81. The quantitative estimate of drug-likeness (QED) is 0.512. The largest absolute Gasteiger partial charge is 0.495 e. The Morgan fingerprint density at radius 3 is 3.14 bits per heavy atom. The predicted octanol–water partition coefficient (Wildman–Crippen LogP) is 2.19. The van der Waals surface area contributed by atoms with E-state index in [0.29, 0.717) is 6.61 Å². The van der Waals surface area contributed by atoms with E-state index in [0.717, 1.165) is 12.8 Å². The van der Waals surface area contributed by atoms with Crippen molar-refractivity contribution in [3.05, 3.63) is 24.0 Å². The van der Waals surface area contributed by atoms with Gasteiger partial charge >= 0.3 is 5.97 Å². The number of hydrogen-bond acceptors (Lipinski definition) is 3. The summed E-state index contributed by atoms with van der Waals surface area (Å²) < 4.78 is 10.3. The number of allylic oxidation sites excluding steroid dienone is 2. The van der Waals surface area contributed by atoms with E-state index in [1.54, 1.807) is 19.3 Å². The Morgan fingerprint density at radius 1 is 1.79 bits per heavy atom. The van der Waals surface area contributed by atoms with Crippen LogP contribution in [0.15, 0.2) is 24.0 Å². The second-order valence-corrected chi connectivity index (χ2v) is 3.39. The van der Waals surface area contributed by atoms with Gasteiger partial charge < -0.3 is 9.47 Å². The molecule has 0 saturated heterocycles. The zero-order chi connectivity index (χ0) is 10.4.